The Balaban J connectivity index is 3.66. The number of methoxy groups -OCH3 is 5. The summed E-state index contributed by atoms with van der Waals surface area (Å²) in [7, 11) is 5.66. The molecule has 0 aliphatic heterocycles. The van der Waals surface area contributed by atoms with Gasteiger partial charge in [0.15, 0.2) is 0 Å². The molecule has 0 spiro atoms. The van der Waals surface area contributed by atoms with E-state index < -0.39 is 79.6 Å². The summed E-state index contributed by atoms with van der Waals surface area (Å²) < 4.78 is 234. The van der Waals surface area contributed by atoms with E-state index in [2.05, 4.69) is 24.4 Å². The Labute approximate surface area is 266 Å². The molecule has 1 aromatic rings. The molecule has 288 valence electrons. The smallest absolute Gasteiger partial charge is 0.364 e. The Morgan fingerprint density at radius 3 is 1.00 bits per heavy atom. The number of nitrogens with zero attached hydrogens (tertiary/aromatic N) is 6. The predicted molar refractivity (Wildman–Crippen MR) is 133 cm³/mol. The lowest BCUT2D eigenvalue weighted by molar-refractivity contribution is -0.459. The van der Waals surface area contributed by atoms with E-state index >= 15 is 0 Å². The molecule has 0 aromatic carbocycles. The number of alkyl halides is 15. The van der Waals surface area contributed by atoms with Gasteiger partial charge in [-0.2, -0.15) is 80.8 Å². The van der Waals surface area contributed by atoms with Crippen molar-refractivity contribution >= 4 is 17.8 Å². The molecule has 0 aliphatic carbocycles. The first-order valence-corrected chi connectivity index (χ1v) is 12.7. The number of halogens is 15. The minimum atomic E-state index is -8.24. The Hall–Kier alpha value is -2.88. The summed E-state index contributed by atoms with van der Waals surface area (Å²) >= 11 is 0. The van der Waals surface area contributed by atoms with E-state index in [1.807, 2.05) is 0 Å². The Morgan fingerprint density at radius 2 is 0.714 bits per heavy atom. The third kappa shape index (κ3) is 9.67. The Morgan fingerprint density at radius 1 is 0.429 bits per heavy atom. The molecule has 0 aliphatic rings. The van der Waals surface area contributed by atoms with Gasteiger partial charge in [-0.25, -0.2) is 0 Å². The van der Waals surface area contributed by atoms with Crippen molar-refractivity contribution in [1.29, 1.82) is 0 Å². The molecule has 12 nitrogen and oxygen atoms in total. The van der Waals surface area contributed by atoms with Crippen molar-refractivity contribution in [2.45, 2.75) is 48.3 Å². The molecule has 1 heterocycles. The zero-order valence-corrected chi connectivity index (χ0v) is 25.8. The van der Waals surface area contributed by atoms with E-state index in [4.69, 9.17) is 18.9 Å². The van der Waals surface area contributed by atoms with Gasteiger partial charge in [0.1, 0.15) is 46.8 Å². The van der Waals surface area contributed by atoms with Crippen LogP contribution in [-0.4, -0.2) is 133 Å². The van der Waals surface area contributed by atoms with Gasteiger partial charge in [-0.15, -0.1) is 0 Å². The first-order chi connectivity index (χ1) is 22.2. The van der Waals surface area contributed by atoms with E-state index in [-0.39, 0.29) is 31.8 Å². The van der Waals surface area contributed by atoms with Gasteiger partial charge in [0.2, 0.25) is 17.8 Å². The van der Waals surface area contributed by atoms with E-state index in [0.717, 1.165) is 16.9 Å². The highest BCUT2D eigenvalue weighted by Gasteiger charge is 2.91. The van der Waals surface area contributed by atoms with Gasteiger partial charge < -0.3 is 23.7 Å². The molecule has 0 N–H and O–H groups in total. The summed E-state index contributed by atoms with van der Waals surface area (Å²) in [6.45, 7) is -4.54. The predicted octanol–water partition coefficient (Wildman–Crippen LogP) is 5.01. The van der Waals surface area contributed by atoms with Crippen molar-refractivity contribution in [1.82, 2.24) is 15.0 Å². The van der Waals surface area contributed by atoms with Crippen molar-refractivity contribution in [3.8, 4) is 0 Å². The molecule has 0 saturated heterocycles. The molecule has 0 amide bonds. The number of hydrogen-bond donors (Lipinski definition) is 0. The van der Waals surface area contributed by atoms with E-state index in [1.54, 1.807) is 0 Å². The van der Waals surface area contributed by atoms with Crippen LogP contribution in [0.1, 0.15) is 6.42 Å². The highest BCUT2D eigenvalue weighted by molar-refractivity contribution is 5.45. The van der Waals surface area contributed by atoms with Crippen molar-refractivity contribution < 1.29 is 94.3 Å². The van der Waals surface area contributed by atoms with E-state index in [0.29, 0.717) is 0 Å². The van der Waals surface area contributed by atoms with Gasteiger partial charge in [0, 0.05) is 35.5 Å². The fraction of sp³-hybridized carbons (Fsp3) is 0.864. The zero-order chi connectivity index (χ0) is 38.3. The summed E-state index contributed by atoms with van der Waals surface area (Å²) in [5.74, 6) is -41.1. The lowest BCUT2D eigenvalue weighted by atomic mass is 9.92. The summed E-state index contributed by atoms with van der Waals surface area (Å²) in [5, 5.41) is 0. The Bertz CT molecular complexity index is 1140. The van der Waals surface area contributed by atoms with Crippen LogP contribution in [0.2, 0.25) is 0 Å². The summed E-state index contributed by atoms with van der Waals surface area (Å²) in [6.07, 6.45) is -17.6. The molecule has 49 heavy (non-hydrogen) atoms. The second-order valence-electron chi connectivity index (χ2n) is 9.53. The van der Waals surface area contributed by atoms with Crippen LogP contribution >= 0.6 is 0 Å². The van der Waals surface area contributed by atoms with E-state index in [1.165, 1.54) is 28.4 Å². The van der Waals surface area contributed by atoms with E-state index in [9.17, 15) is 65.9 Å². The first-order valence-electron chi connectivity index (χ1n) is 12.7. The lowest BCUT2D eigenvalue weighted by Crippen LogP contribution is -2.71. The van der Waals surface area contributed by atoms with Crippen molar-refractivity contribution in [2.75, 3.05) is 90.6 Å². The molecule has 0 unspecified atom stereocenters. The van der Waals surface area contributed by atoms with Gasteiger partial charge in [-0.3, -0.25) is 19.4 Å². The summed E-state index contributed by atoms with van der Waals surface area (Å²) in [6, 6.07) is 0. The maximum Gasteiger partial charge on any atom is 0.427 e. The zero-order valence-electron chi connectivity index (χ0n) is 25.8. The van der Waals surface area contributed by atoms with Gasteiger partial charge >= 0.3 is 41.9 Å². The molecule has 0 saturated carbocycles. The lowest BCUT2D eigenvalue weighted by Gasteiger charge is -2.41. The molecule has 0 bridgehead atoms. The van der Waals surface area contributed by atoms with Crippen molar-refractivity contribution in [2.24, 2.45) is 0 Å². The number of rotatable bonds is 22. The maximum absolute atomic E-state index is 14.5. The maximum atomic E-state index is 14.5. The van der Waals surface area contributed by atoms with Gasteiger partial charge in [-0.05, 0) is 0 Å². The summed E-state index contributed by atoms with van der Waals surface area (Å²) in [4.78, 5) is 14.2. The van der Waals surface area contributed by atoms with Crippen LogP contribution in [0.4, 0.5) is 83.7 Å². The average Bonchev–Trinajstić information content (AvgIpc) is 2.97. The molecule has 1 aromatic heterocycles. The number of ether oxygens (including phenoxy) is 6. The van der Waals surface area contributed by atoms with Crippen molar-refractivity contribution in [3.63, 3.8) is 0 Å². The molecular formula is C22H29F15N6O6. The van der Waals surface area contributed by atoms with Crippen molar-refractivity contribution in [3.05, 3.63) is 0 Å². The summed E-state index contributed by atoms with van der Waals surface area (Å²) in [5.41, 5.74) is 0. The molecule has 0 fully saturated rings. The molecule has 0 atom stereocenters. The van der Waals surface area contributed by atoms with Crippen LogP contribution < -0.4 is 14.7 Å². The third-order valence-corrected chi connectivity index (χ3v) is 5.71. The number of hydrogen-bond acceptors (Lipinski definition) is 12. The average molecular weight is 758 g/mol. The SMILES string of the molecule is COCN(COC)c1nc(N(COC)COC)nc(N(COC)COC(F)(F)C(F)(F)C(F)(F)C(F)(F)C(F)(F)C(F)(F)CC(F)(F)F)n1. The van der Waals surface area contributed by atoms with Gasteiger partial charge in [0.05, 0.1) is 0 Å². The third-order valence-electron chi connectivity index (χ3n) is 5.71. The van der Waals surface area contributed by atoms with Gasteiger partial charge in [-0.1, -0.05) is 0 Å². The first kappa shape index (κ1) is 44.1. The van der Waals surface area contributed by atoms with Crippen LogP contribution in [0.25, 0.3) is 0 Å². The minimum Gasteiger partial charge on any atom is -0.364 e. The van der Waals surface area contributed by atoms with Crippen LogP contribution in [0.3, 0.4) is 0 Å². The molecular weight excluding hydrogens is 729 g/mol. The molecule has 0 radical (unpaired) electrons. The number of anilines is 3. The number of aromatic nitrogens is 3. The quantitative estimate of drug-likeness (QED) is 0.117. The molecule has 1 rings (SSSR count). The second kappa shape index (κ2) is 16.4. The second-order valence-corrected chi connectivity index (χ2v) is 9.53. The fourth-order valence-electron chi connectivity index (χ4n) is 3.42. The largest absolute Gasteiger partial charge is 0.427 e. The van der Waals surface area contributed by atoms with Crippen LogP contribution in [0.5, 0.6) is 0 Å². The van der Waals surface area contributed by atoms with Crippen LogP contribution in [-0.2, 0) is 28.4 Å². The highest BCUT2D eigenvalue weighted by atomic mass is 19.4. The molecule has 27 heteroatoms. The van der Waals surface area contributed by atoms with Crippen LogP contribution in [0, 0.1) is 0 Å². The highest BCUT2D eigenvalue weighted by Crippen LogP contribution is 2.61. The topological polar surface area (TPSA) is 104 Å². The fourth-order valence-corrected chi connectivity index (χ4v) is 3.42. The minimum absolute atomic E-state index is 0.219. The monoisotopic (exact) mass is 758 g/mol. The standard InChI is InChI=1S/C22H29F15N6O6/c1-44-7-41(8-45-2)13-38-14(42(9-46-3)10-47-4)40-15(39-13)43(11-48-5)12-49-22(36,37)21(34,35)20(32,33)19(30,31)18(28,29)16(23,24)6-17(25,26)27/h6-12H2,1-5H3. The van der Waals surface area contributed by atoms with Crippen LogP contribution in [0.15, 0.2) is 0 Å². The van der Waals surface area contributed by atoms with Gasteiger partial charge in [0.25, 0.3) is 0 Å². The Kier molecular flexibility index (Phi) is 14.8. The normalized spacial score (nSPS) is 14.0.